The highest BCUT2D eigenvalue weighted by Crippen LogP contribution is 2.65. The summed E-state index contributed by atoms with van der Waals surface area (Å²) in [6.07, 6.45) is 11.1. The average molecular weight is 1910 g/mol. The van der Waals surface area contributed by atoms with E-state index in [1.165, 1.54) is 128 Å². The molecule has 0 saturated heterocycles. The molecule has 1 spiro atoms. The Balaban J connectivity index is 0.000000114. The Hall–Kier alpha value is -19.1. The van der Waals surface area contributed by atoms with Gasteiger partial charge in [0.2, 0.25) is 0 Å². The van der Waals surface area contributed by atoms with Gasteiger partial charge in [0, 0.05) is 98.1 Å². The Bertz CT molecular complexity index is 8880. The van der Waals surface area contributed by atoms with Crippen molar-refractivity contribution < 1.29 is 0 Å². The molecule has 4 aliphatic carbocycles. The number of hydrogen-bond donors (Lipinski definition) is 0. The lowest BCUT2D eigenvalue weighted by Crippen LogP contribution is -2.25. The standard InChI is InChI=1S/C52H33N3.C46H33N3.C42H31N3/c1-2-12-34(13-3-1)35-25-29-38(30-26-35)51-54-48(37-27-23-36(24-28-37)39-14-11-31-53-33-39)32-49(55-51)43-18-10-22-47-50(43)42-17-6-9-21-46(42)52(47)44-19-7-4-15-40(44)41-16-5-8-20-45(41)52;1-46(2)41-25-23-36(27-40(41)39-24-22-33-11-6-7-13-38(33)44(39)46)43-28-42(34-18-14-32(15-19-34)37-12-8-26-47-29-37)48-45(49-43)35-20-16-31(17-21-35)30-9-4-3-5-10-30;1-42(2)36-15-7-6-13-34(36)40-35(14-8-16-37(40)42)39-26-38(31-21-17-30(18-22-31)33-12-9-25-43-27-33)44-41(45-39)32-23-19-29(20-24-32)28-10-4-3-5-11-28/h1-33H;3-29H,1-2H3;3-27H,1-2H3. The molecule has 0 bridgehead atoms. The van der Waals surface area contributed by atoms with Gasteiger partial charge in [0.25, 0.3) is 0 Å². The summed E-state index contributed by atoms with van der Waals surface area (Å²) in [4.78, 5) is 44.3. The highest BCUT2D eigenvalue weighted by atomic mass is 14.9. The second kappa shape index (κ2) is 37.6. The molecule has 0 radical (unpaired) electrons. The van der Waals surface area contributed by atoms with Crippen LogP contribution >= 0.6 is 0 Å². The number of hydrogen-bond acceptors (Lipinski definition) is 9. The highest BCUT2D eigenvalue weighted by Gasteiger charge is 2.52. The third-order valence-electron chi connectivity index (χ3n) is 30.5. The maximum absolute atomic E-state index is 5.40. The fourth-order valence-electron chi connectivity index (χ4n) is 23.1. The van der Waals surface area contributed by atoms with Crippen LogP contribution in [-0.2, 0) is 16.2 Å². The lowest BCUT2D eigenvalue weighted by atomic mass is 9.70. The van der Waals surface area contributed by atoms with Crippen molar-refractivity contribution in [3.8, 4) is 213 Å². The Morgan fingerprint density at radius 1 is 0.161 bits per heavy atom. The van der Waals surface area contributed by atoms with Crippen LogP contribution in [0.3, 0.4) is 0 Å². The van der Waals surface area contributed by atoms with Gasteiger partial charge in [-0.05, 0) is 209 Å². The lowest BCUT2D eigenvalue weighted by molar-refractivity contribution is 0.660. The summed E-state index contributed by atoms with van der Waals surface area (Å²) in [5.74, 6) is 2.11. The van der Waals surface area contributed by atoms with Gasteiger partial charge < -0.3 is 0 Å². The third kappa shape index (κ3) is 16.2. The summed E-state index contributed by atoms with van der Waals surface area (Å²) >= 11 is 0. The Morgan fingerprint density at radius 2 is 0.450 bits per heavy atom. The molecule has 0 amide bonds. The molecule has 9 nitrogen and oxygen atoms in total. The molecule has 6 heterocycles. The average Bonchev–Trinajstić information content (AvgIpc) is 1.51. The molecule has 9 heteroatoms. The zero-order valence-corrected chi connectivity index (χ0v) is 82.6. The minimum atomic E-state index is -0.427. The summed E-state index contributed by atoms with van der Waals surface area (Å²) in [6, 6.07) is 171. The summed E-state index contributed by atoms with van der Waals surface area (Å²) < 4.78 is 0. The van der Waals surface area contributed by atoms with Gasteiger partial charge in [0.05, 0.1) is 39.6 Å². The van der Waals surface area contributed by atoms with Crippen LogP contribution in [0, 0.1) is 0 Å². The molecular weight excluding hydrogens is 1810 g/mol. The summed E-state index contributed by atoms with van der Waals surface area (Å²) in [5.41, 5.74) is 48.6. The largest absolute Gasteiger partial charge is 0.264 e. The number of aromatic nitrogens is 9. The maximum atomic E-state index is 5.40. The van der Waals surface area contributed by atoms with Crippen LogP contribution in [0.15, 0.2) is 516 Å². The first-order valence-corrected chi connectivity index (χ1v) is 50.9. The van der Waals surface area contributed by atoms with Gasteiger partial charge in [0.15, 0.2) is 17.5 Å². The lowest BCUT2D eigenvalue weighted by Gasteiger charge is -2.30. The normalized spacial score (nSPS) is 12.9. The van der Waals surface area contributed by atoms with Crippen molar-refractivity contribution in [2.45, 2.75) is 43.9 Å². The first-order valence-electron chi connectivity index (χ1n) is 50.9. The van der Waals surface area contributed by atoms with Crippen molar-refractivity contribution >= 4 is 10.8 Å². The zero-order chi connectivity index (χ0) is 99.7. The van der Waals surface area contributed by atoms with E-state index in [2.05, 4.69) is 485 Å². The van der Waals surface area contributed by atoms with E-state index in [9.17, 15) is 0 Å². The number of fused-ring (bicyclic) bond motifs is 18. The van der Waals surface area contributed by atoms with Gasteiger partial charge >= 0.3 is 0 Å². The van der Waals surface area contributed by atoms with Crippen LogP contribution in [0.1, 0.15) is 72.2 Å². The minimum Gasteiger partial charge on any atom is -0.264 e. The Labute approximate surface area is 867 Å². The van der Waals surface area contributed by atoms with Crippen molar-refractivity contribution in [1.82, 2.24) is 44.9 Å². The van der Waals surface area contributed by atoms with E-state index in [-0.39, 0.29) is 10.8 Å². The summed E-state index contributed by atoms with van der Waals surface area (Å²) in [7, 11) is 0. The number of rotatable bonds is 15. The van der Waals surface area contributed by atoms with E-state index in [4.69, 9.17) is 29.9 Å². The molecule has 0 N–H and O–H groups in total. The predicted molar refractivity (Wildman–Crippen MR) is 610 cm³/mol. The van der Waals surface area contributed by atoms with E-state index in [0.717, 1.165) is 123 Å². The van der Waals surface area contributed by atoms with Crippen molar-refractivity contribution in [3.63, 3.8) is 0 Å². The smallest absolute Gasteiger partial charge is 0.160 e. The molecule has 28 rings (SSSR count). The molecule has 6 aromatic heterocycles. The monoisotopic (exact) mass is 1900 g/mol. The molecule has 0 atom stereocenters. The third-order valence-corrected chi connectivity index (χ3v) is 30.5. The van der Waals surface area contributed by atoms with Crippen molar-refractivity contribution in [3.05, 3.63) is 561 Å². The number of pyridine rings is 3. The first-order chi connectivity index (χ1) is 73.4. The Morgan fingerprint density at radius 3 is 0.872 bits per heavy atom. The van der Waals surface area contributed by atoms with Crippen molar-refractivity contribution in [1.29, 1.82) is 0 Å². The Kier molecular flexibility index (Phi) is 22.7. The van der Waals surface area contributed by atoms with Gasteiger partial charge in [-0.3, -0.25) is 15.0 Å². The molecule has 24 aromatic rings. The molecule has 18 aromatic carbocycles. The SMILES string of the molecule is CC1(C)c2ccc(-c3cc(-c4ccc(-c5cccnc5)cc4)nc(-c4ccc(-c5ccccc5)cc4)n3)cc2-c2ccc3ccccc3c21.CC1(C)c2ccccc2-c2c(-c3cc(-c4ccc(-c5cccnc5)cc4)nc(-c4ccc(-c5ccccc5)cc4)n3)cccc21.c1ccc(-c2ccc(-c3nc(-c4ccc(-c5cccnc5)cc4)cc(-c4cccc5c4-c4ccccc4C54c5ccccc5-c5ccccc54)n3)cc2)cc1. The van der Waals surface area contributed by atoms with Gasteiger partial charge in [-0.1, -0.05) is 464 Å². The fourth-order valence-corrected chi connectivity index (χ4v) is 23.1. The van der Waals surface area contributed by atoms with E-state index in [0.29, 0.717) is 17.5 Å². The molecule has 0 saturated carbocycles. The maximum Gasteiger partial charge on any atom is 0.160 e. The van der Waals surface area contributed by atoms with Crippen LogP contribution in [0.25, 0.3) is 224 Å². The van der Waals surface area contributed by atoms with Crippen molar-refractivity contribution in [2.24, 2.45) is 0 Å². The van der Waals surface area contributed by atoms with E-state index in [1.807, 2.05) is 55.0 Å². The van der Waals surface area contributed by atoms with Gasteiger partial charge in [-0.25, -0.2) is 29.9 Å². The molecule has 702 valence electrons. The van der Waals surface area contributed by atoms with E-state index in [1.54, 1.807) is 18.6 Å². The number of nitrogens with zero attached hydrogens (tertiary/aromatic N) is 9. The van der Waals surface area contributed by atoms with Gasteiger partial charge in [-0.2, -0.15) is 0 Å². The molecular formula is C140H97N9. The first kappa shape index (κ1) is 90.0. The topological polar surface area (TPSA) is 116 Å². The quantitative estimate of drug-likeness (QED) is 0.0989. The second-order valence-electron chi connectivity index (χ2n) is 39.8. The molecule has 4 aliphatic rings. The summed E-state index contributed by atoms with van der Waals surface area (Å²) in [5, 5.41) is 2.60. The molecule has 149 heavy (non-hydrogen) atoms. The van der Waals surface area contributed by atoms with Gasteiger partial charge in [0.1, 0.15) is 0 Å². The predicted octanol–water partition coefficient (Wildman–Crippen LogP) is 34.7. The van der Waals surface area contributed by atoms with Gasteiger partial charge in [-0.15, -0.1) is 0 Å². The minimum absolute atomic E-state index is 0.0873. The van der Waals surface area contributed by atoms with E-state index < -0.39 is 5.41 Å². The van der Waals surface area contributed by atoms with E-state index >= 15 is 0 Å². The van der Waals surface area contributed by atoms with Crippen LogP contribution in [0.2, 0.25) is 0 Å². The second-order valence-corrected chi connectivity index (χ2v) is 39.8. The molecule has 0 fully saturated rings. The fraction of sp³-hybridized carbons (Fsp3) is 0.0500. The van der Waals surface area contributed by atoms with Crippen LogP contribution in [-0.4, -0.2) is 44.9 Å². The highest BCUT2D eigenvalue weighted by molar-refractivity contribution is 6.02. The van der Waals surface area contributed by atoms with Crippen molar-refractivity contribution in [2.75, 3.05) is 0 Å². The van der Waals surface area contributed by atoms with Crippen LogP contribution in [0.4, 0.5) is 0 Å². The zero-order valence-electron chi connectivity index (χ0n) is 82.6. The molecule has 0 aliphatic heterocycles. The number of benzene rings is 18. The van der Waals surface area contributed by atoms with Crippen LogP contribution < -0.4 is 0 Å². The van der Waals surface area contributed by atoms with Crippen LogP contribution in [0.5, 0.6) is 0 Å². The summed E-state index contributed by atoms with van der Waals surface area (Å²) in [6.45, 7) is 9.32. The molecule has 0 unspecified atom stereocenters.